The number of halogens is 3. The summed E-state index contributed by atoms with van der Waals surface area (Å²) in [7, 11) is -1.12. The fourth-order valence-electron chi connectivity index (χ4n) is 4.46. The number of alkyl halides is 3. The lowest BCUT2D eigenvalue weighted by atomic mass is 9.75. The second kappa shape index (κ2) is 8.42. The van der Waals surface area contributed by atoms with E-state index >= 15 is 0 Å². The molecule has 5 nitrogen and oxygen atoms in total. The molecule has 0 radical (unpaired) electrons. The highest BCUT2D eigenvalue weighted by atomic mass is 32.2. The van der Waals surface area contributed by atoms with E-state index in [-0.39, 0.29) is 17.2 Å². The van der Waals surface area contributed by atoms with Crippen molar-refractivity contribution in [2.45, 2.75) is 56.8 Å². The van der Waals surface area contributed by atoms with Gasteiger partial charge in [0.25, 0.3) is 0 Å². The Morgan fingerprint density at radius 1 is 1.19 bits per heavy atom. The average molecular weight is 466 g/mol. The molecule has 2 unspecified atom stereocenters. The largest absolute Gasteiger partial charge is 0.573 e. The first-order valence-electron chi connectivity index (χ1n) is 10.5. The molecule has 0 aliphatic heterocycles. The molecule has 1 aromatic heterocycles. The maximum atomic E-state index is 12.4. The molecule has 9 heteroatoms. The normalized spacial score (nSPS) is 19.6. The standard InChI is InChI=1S/C23H26F3N3O2S/c1-22(2)12-4-5-16(14-22)29-20-11-10-18(32(3)30)13-19(20)28-21(29)27-15-6-8-17(9-7-15)31-23(24,25)26/h6-11,13,16H,4-5,12,14H2,1-3H3,(H,27,28). The molecule has 2 aromatic carbocycles. The minimum Gasteiger partial charge on any atom is -0.406 e. The van der Waals surface area contributed by atoms with Crippen LogP contribution in [0.1, 0.15) is 45.6 Å². The third kappa shape index (κ3) is 5.09. The molecule has 1 aliphatic carbocycles. The zero-order chi connectivity index (χ0) is 23.1. The number of aromatic nitrogens is 2. The van der Waals surface area contributed by atoms with Crippen LogP contribution in [0, 0.1) is 5.41 Å². The summed E-state index contributed by atoms with van der Waals surface area (Å²) in [5.74, 6) is 0.340. The molecular weight excluding hydrogens is 439 g/mol. The molecular formula is C23H26F3N3O2S. The summed E-state index contributed by atoms with van der Waals surface area (Å²) in [5, 5.41) is 3.26. The fraction of sp³-hybridized carbons (Fsp3) is 0.435. The Labute approximate surface area is 187 Å². The Morgan fingerprint density at radius 2 is 1.91 bits per heavy atom. The van der Waals surface area contributed by atoms with E-state index in [1.165, 1.54) is 30.7 Å². The van der Waals surface area contributed by atoms with Crippen molar-refractivity contribution in [1.82, 2.24) is 9.55 Å². The van der Waals surface area contributed by atoms with E-state index in [1.54, 1.807) is 6.26 Å². The predicted molar refractivity (Wildman–Crippen MR) is 120 cm³/mol. The van der Waals surface area contributed by atoms with Gasteiger partial charge in [0.15, 0.2) is 0 Å². The Bertz CT molecular complexity index is 1140. The molecule has 1 N–H and O–H groups in total. The summed E-state index contributed by atoms with van der Waals surface area (Å²) in [6, 6.07) is 11.5. The van der Waals surface area contributed by atoms with Crippen LogP contribution in [0.3, 0.4) is 0 Å². The van der Waals surface area contributed by atoms with Gasteiger partial charge < -0.3 is 14.6 Å². The predicted octanol–water partition coefficient (Wildman–Crippen LogP) is 6.56. The van der Waals surface area contributed by atoms with Crippen LogP contribution in [0.4, 0.5) is 24.8 Å². The number of nitrogens with one attached hydrogen (secondary N) is 1. The number of fused-ring (bicyclic) bond motifs is 1. The number of ether oxygens (including phenoxy) is 1. The van der Waals surface area contributed by atoms with E-state index in [0.29, 0.717) is 16.5 Å². The average Bonchev–Trinajstić information content (AvgIpc) is 3.04. The number of hydrogen-bond acceptors (Lipinski definition) is 4. The van der Waals surface area contributed by atoms with Gasteiger partial charge in [-0.25, -0.2) is 4.98 Å². The molecule has 1 saturated carbocycles. The van der Waals surface area contributed by atoms with Gasteiger partial charge in [0, 0.05) is 33.7 Å². The van der Waals surface area contributed by atoms with Gasteiger partial charge in [-0.15, -0.1) is 13.2 Å². The van der Waals surface area contributed by atoms with Gasteiger partial charge in [0.2, 0.25) is 5.95 Å². The zero-order valence-electron chi connectivity index (χ0n) is 18.2. The van der Waals surface area contributed by atoms with Gasteiger partial charge in [-0.05, 0) is 67.1 Å². The minimum absolute atomic E-state index is 0.207. The maximum absolute atomic E-state index is 12.4. The van der Waals surface area contributed by atoms with Crippen molar-refractivity contribution < 1.29 is 22.1 Å². The van der Waals surface area contributed by atoms with Crippen molar-refractivity contribution in [3.63, 3.8) is 0 Å². The Hall–Kier alpha value is -2.55. The number of rotatable bonds is 5. The van der Waals surface area contributed by atoms with E-state index in [1.807, 2.05) is 18.2 Å². The van der Waals surface area contributed by atoms with Crippen LogP contribution in [0.15, 0.2) is 47.4 Å². The van der Waals surface area contributed by atoms with E-state index in [0.717, 1.165) is 30.3 Å². The Kier molecular flexibility index (Phi) is 5.96. The SMILES string of the molecule is CS(=O)c1ccc2c(c1)nc(Nc1ccc(OC(F)(F)F)cc1)n2C1CCCC(C)(C)C1. The minimum atomic E-state index is -4.73. The molecule has 172 valence electrons. The smallest absolute Gasteiger partial charge is 0.406 e. The van der Waals surface area contributed by atoms with Crippen molar-refractivity contribution in [2.24, 2.45) is 5.41 Å². The highest BCUT2D eigenvalue weighted by Crippen LogP contribution is 2.43. The number of nitrogens with zero attached hydrogens (tertiary/aromatic N) is 2. The molecule has 0 bridgehead atoms. The summed E-state index contributed by atoms with van der Waals surface area (Å²) in [6.07, 6.45) is 1.19. The number of benzene rings is 2. The lowest BCUT2D eigenvalue weighted by molar-refractivity contribution is -0.274. The first-order chi connectivity index (χ1) is 15.0. The molecule has 32 heavy (non-hydrogen) atoms. The maximum Gasteiger partial charge on any atom is 0.573 e. The van der Waals surface area contributed by atoms with Crippen LogP contribution >= 0.6 is 0 Å². The van der Waals surface area contributed by atoms with Gasteiger partial charge in [0.1, 0.15) is 5.75 Å². The highest BCUT2D eigenvalue weighted by molar-refractivity contribution is 7.84. The summed E-state index contributed by atoms with van der Waals surface area (Å²) in [5.41, 5.74) is 2.49. The Balaban J connectivity index is 1.71. The van der Waals surface area contributed by atoms with E-state index < -0.39 is 17.2 Å². The van der Waals surface area contributed by atoms with E-state index in [9.17, 15) is 17.4 Å². The lowest BCUT2D eigenvalue weighted by Gasteiger charge is -2.36. The van der Waals surface area contributed by atoms with Crippen LogP contribution in [0.5, 0.6) is 5.75 Å². The zero-order valence-corrected chi connectivity index (χ0v) is 19.0. The van der Waals surface area contributed by atoms with Crippen LogP contribution in [-0.4, -0.2) is 26.4 Å². The molecule has 0 spiro atoms. The third-order valence-corrected chi connectivity index (χ3v) is 6.80. The molecule has 3 aromatic rings. The second-order valence-electron chi connectivity index (χ2n) is 9.02. The van der Waals surface area contributed by atoms with Gasteiger partial charge in [-0.2, -0.15) is 0 Å². The van der Waals surface area contributed by atoms with Crippen LogP contribution < -0.4 is 10.1 Å². The Morgan fingerprint density at radius 3 is 2.53 bits per heavy atom. The molecule has 1 fully saturated rings. The van der Waals surface area contributed by atoms with Gasteiger partial charge in [-0.3, -0.25) is 4.21 Å². The third-order valence-electron chi connectivity index (χ3n) is 5.88. The van der Waals surface area contributed by atoms with Crippen molar-refractivity contribution >= 4 is 33.5 Å². The summed E-state index contributed by atoms with van der Waals surface area (Å²) in [6.45, 7) is 4.53. The molecule has 4 rings (SSSR count). The van der Waals surface area contributed by atoms with E-state index in [2.05, 4.69) is 28.5 Å². The van der Waals surface area contributed by atoms with Gasteiger partial charge in [0.05, 0.1) is 11.0 Å². The molecule has 1 heterocycles. The highest BCUT2D eigenvalue weighted by Gasteiger charge is 2.32. The molecule has 1 aliphatic rings. The molecule has 0 amide bonds. The van der Waals surface area contributed by atoms with Crippen LogP contribution in [0.25, 0.3) is 11.0 Å². The molecule has 0 saturated heterocycles. The van der Waals surface area contributed by atoms with Crippen LogP contribution in [-0.2, 0) is 10.8 Å². The van der Waals surface area contributed by atoms with Crippen LogP contribution in [0.2, 0.25) is 0 Å². The summed E-state index contributed by atoms with van der Waals surface area (Å²) in [4.78, 5) is 5.46. The number of anilines is 2. The van der Waals surface area contributed by atoms with E-state index in [4.69, 9.17) is 4.98 Å². The summed E-state index contributed by atoms with van der Waals surface area (Å²) >= 11 is 0. The fourth-order valence-corrected chi connectivity index (χ4v) is 5.00. The van der Waals surface area contributed by atoms with Crippen molar-refractivity contribution in [1.29, 1.82) is 0 Å². The topological polar surface area (TPSA) is 56.1 Å². The first-order valence-corrected chi connectivity index (χ1v) is 12.0. The van der Waals surface area contributed by atoms with Crippen molar-refractivity contribution in [3.05, 3.63) is 42.5 Å². The monoisotopic (exact) mass is 465 g/mol. The summed E-state index contributed by atoms with van der Waals surface area (Å²) < 4.78 is 55.4. The van der Waals surface area contributed by atoms with Crippen molar-refractivity contribution in [2.75, 3.05) is 11.6 Å². The van der Waals surface area contributed by atoms with Gasteiger partial charge in [-0.1, -0.05) is 20.3 Å². The van der Waals surface area contributed by atoms with Crippen molar-refractivity contribution in [3.8, 4) is 5.75 Å². The van der Waals surface area contributed by atoms with Gasteiger partial charge >= 0.3 is 6.36 Å². The lowest BCUT2D eigenvalue weighted by Crippen LogP contribution is -2.25. The number of imidazole rings is 1. The molecule has 2 atom stereocenters. The second-order valence-corrected chi connectivity index (χ2v) is 10.4. The quantitative estimate of drug-likeness (QED) is 0.464. The first kappa shape index (κ1) is 22.6. The number of hydrogen-bond donors (Lipinski definition) is 1.